The number of rotatable bonds is 7. The van der Waals surface area contributed by atoms with Crippen molar-refractivity contribution >= 4 is 5.97 Å². The average molecular weight is 469 g/mol. The molecule has 9 nitrogen and oxygen atoms in total. The second-order valence-electron chi connectivity index (χ2n) is 8.42. The molecular formula is C26H24N6O3. The molecule has 0 unspecified atom stereocenters. The molecule has 35 heavy (non-hydrogen) atoms. The zero-order valence-corrected chi connectivity index (χ0v) is 19.4. The normalized spacial score (nSPS) is 11.3. The number of nitrogens with zero attached hydrogens (tertiary/aromatic N) is 5. The minimum Gasteiger partial charge on any atom is -0.477 e. The second-order valence-corrected chi connectivity index (χ2v) is 8.42. The third-order valence-corrected chi connectivity index (χ3v) is 6.16. The largest absolute Gasteiger partial charge is 0.477 e. The van der Waals surface area contributed by atoms with Crippen LogP contribution in [0.15, 0.2) is 65.5 Å². The van der Waals surface area contributed by atoms with E-state index in [4.69, 9.17) is 0 Å². The number of hydrogen-bond acceptors (Lipinski definition) is 5. The van der Waals surface area contributed by atoms with Crippen LogP contribution in [0.1, 0.15) is 46.3 Å². The van der Waals surface area contributed by atoms with Gasteiger partial charge in [0.05, 0.1) is 5.69 Å². The van der Waals surface area contributed by atoms with Gasteiger partial charge >= 0.3 is 5.97 Å². The van der Waals surface area contributed by atoms with Crippen LogP contribution in [-0.2, 0) is 12.8 Å². The number of fused-ring (bicyclic) bond motifs is 1. The lowest BCUT2D eigenvalue weighted by Crippen LogP contribution is -2.20. The zero-order chi connectivity index (χ0) is 24.5. The zero-order valence-electron chi connectivity index (χ0n) is 19.4. The highest BCUT2D eigenvalue weighted by Crippen LogP contribution is 2.30. The van der Waals surface area contributed by atoms with Gasteiger partial charge in [0.15, 0.2) is 0 Å². The van der Waals surface area contributed by atoms with E-state index in [0.717, 1.165) is 34.4 Å². The predicted octanol–water partition coefficient (Wildman–Crippen LogP) is 3.80. The molecule has 0 amide bonds. The molecular weight excluding hydrogens is 444 g/mol. The molecule has 3 aromatic heterocycles. The number of carboxylic acids is 1. The molecule has 2 N–H and O–H groups in total. The summed E-state index contributed by atoms with van der Waals surface area (Å²) in [6.07, 6.45) is 1.80. The maximum atomic E-state index is 13.4. The predicted molar refractivity (Wildman–Crippen MR) is 131 cm³/mol. The van der Waals surface area contributed by atoms with Crippen molar-refractivity contribution in [2.75, 3.05) is 0 Å². The summed E-state index contributed by atoms with van der Waals surface area (Å²) in [6.45, 7) is 3.83. The van der Waals surface area contributed by atoms with Gasteiger partial charge in [-0.05, 0) is 47.4 Å². The van der Waals surface area contributed by atoms with Crippen LogP contribution in [0, 0.1) is 6.92 Å². The first kappa shape index (κ1) is 22.3. The number of tetrazole rings is 1. The lowest BCUT2D eigenvalue weighted by Gasteiger charge is -2.10. The monoisotopic (exact) mass is 468 g/mol. The lowest BCUT2D eigenvalue weighted by atomic mass is 9.96. The van der Waals surface area contributed by atoms with Gasteiger partial charge in [0.1, 0.15) is 5.69 Å². The number of carboxylic acid groups (broad SMARTS) is 1. The first-order valence-electron chi connectivity index (χ1n) is 11.4. The van der Waals surface area contributed by atoms with Crippen LogP contribution in [0.25, 0.3) is 22.5 Å². The Bertz CT molecular complexity index is 1580. The molecule has 0 radical (unpaired) electrons. The van der Waals surface area contributed by atoms with Crippen molar-refractivity contribution in [2.24, 2.45) is 0 Å². The maximum absolute atomic E-state index is 13.4. The molecule has 0 saturated carbocycles. The Hall–Kier alpha value is -4.53. The van der Waals surface area contributed by atoms with Crippen molar-refractivity contribution < 1.29 is 9.90 Å². The van der Waals surface area contributed by atoms with E-state index in [1.165, 1.54) is 4.52 Å². The van der Waals surface area contributed by atoms with Gasteiger partial charge in [-0.3, -0.25) is 4.79 Å². The van der Waals surface area contributed by atoms with Crippen LogP contribution in [0.3, 0.4) is 0 Å². The molecule has 176 valence electrons. The first-order valence-corrected chi connectivity index (χ1v) is 11.4. The summed E-state index contributed by atoms with van der Waals surface area (Å²) in [5.74, 6) is -0.543. The molecule has 2 aromatic carbocycles. The van der Waals surface area contributed by atoms with Gasteiger partial charge in [0.2, 0.25) is 5.82 Å². The van der Waals surface area contributed by atoms with E-state index in [9.17, 15) is 14.7 Å². The molecule has 0 aliphatic carbocycles. The molecule has 0 bridgehead atoms. The number of aromatic amines is 1. The van der Waals surface area contributed by atoms with Crippen LogP contribution in [0.5, 0.6) is 0 Å². The Morgan fingerprint density at radius 1 is 1.00 bits per heavy atom. The topological polar surface area (TPSA) is 118 Å². The average Bonchev–Trinajstić information content (AvgIpc) is 3.49. The van der Waals surface area contributed by atoms with Crippen molar-refractivity contribution in [3.8, 4) is 22.5 Å². The summed E-state index contributed by atoms with van der Waals surface area (Å²) < 4.78 is 3.04. The van der Waals surface area contributed by atoms with Crippen molar-refractivity contribution in [2.45, 2.75) is 33.1 Å². The Morgan fingerprint density at radius 3 is 2.40 bits per heavy atom. The number of carbonyl (C=O) groups is 1. The van der Waals surface area contributed by atoms with Gasteiger partial charge in [0, 0.05) is 23.2 Å². The molecule has 0 spiro atoms. The summed E-state index contributed by atoms with van der Waals surface area (Å²) in [6, 6.07) is 19.1. The smallest absolute Gasteiger partial charge is 0.354 e. The molecule has 0 atom stereocenters. The van der Waals surface area contributed by atoms with Gasteiger partial charge in [-0.2, -0.15) is 5.21 Å². The first-order chi connectivity index (χ1) is 17.0. The van der Waals surface area contributed by atoms with Crippen LogP contribution >= 0.6 is 0 Å². The molecule has 0 aliphatic heterocycles. The van der Waals surface area contributed by atoms with Gasteiger partial charge in [0.25, 0.3) is 5.56 Å². The second kappa shape index (κ2) is 9.02. The Labute approximate surface area is 200 Å². The molecule has 5 rings (SSSR count). The fourth-order valence-corrected chi connectivity index (χ4v) is 4.55. The highest BCUT2D eigenvalue weighted by atomic mass is 16.4. The molecule has 3 heterocycles. The third kappa shape index (κ3) is 3.90. The standard InChI is InChI=1S/C26H24N6O3/c1-3-6-22-21(25(33)31-16(2)9-14-23(26(34)35)32(22)31)15-17-10-12-18(13-11-17)19-7-4-5-8-20(19)24-27-29-30-28-24/h4-5,7-14H,3,6,15H2,1-2H3,(H,34,35)(H,27,28,29,30). The minimum atomic E-state index is -1.06. The van der Waals surface area contributed by atoms with E-state index in [2.05, 4.69) is 20.6 Å². The fourth-order valence-electron chi connectivity index (χ4n) is 4.55. The lowest BCUT2D eigenvalue weighted by molar-refractivity contribution is 0.0685. The van der Waals surface area contributed by atoms with E-state index < -0.39 is 5.97 Å². The number of aromatic carboxylic acids is 1. The highest BCUT2D eigenvalue weighted by molar-refractivity contribution is 5.85. The van der Waals surface area contributed by atoms with Crippen LogP contribution in [0.4, 0.5) is 0 Å². The van der Waals surface area contributed by atoms with Gasteiger partial charge in [-0.25, -0.2) is 13.8 Å². The van der Waals surface area contributed by atoms with E-state index in [-0.39, 0.29) is 11.3 Å². The molecule has 0 saturated heterocycles. The Morgan fingerprint density at radius 2 is 1.74 bits per heavy atom. The van der Waals surface area contributed by atoms with Crippen LogP contribution < -0.4 is 5.56 Å². The Balaban J connectivity index is 1.56. The van der Waals surface area contributed by atoms with Crippen LogP contribution in [-0.4, -0.2) is 40.7 Å². The number of H-pyrrole nitrogens is 1. The summed E-state index contributed by atoms with van der Waals surface area (Å²) in [5.41, 5.74) is 5.75. The Kier molecular flexibility index (Phi) is 5.74. The van der Waals surface area contributed by atoms with Crippen molar-refractivity contribution in [1.82, 2.24) is 29.7 Å². The summed E-state index contributed by atoms with van der Waals surface area (Å²) in [5, 5.41) is 24.1. The van der Waals surface area contributed by atoms with Crippen molar-refractivity contribution in [1.29, 1.82) is 0 Å². The quantitative estimate of drug-likeness (QED) is 0.375. The van der Waals surface area contributed by atoms with E-state index in [0.29, 0.717) is 29.9 Å². The van der Waals surface area contributed by atoms with Crippen molar-refractivity contribution in [3.05, 3.63) is 99.2 Å². The summed E-state index contributed by atoms with van der Waals surface area (Å²) in [7, 11) is 0. The number of aryl methyl sites for hydroxylation is 2. The highest BCUT2D eigenvalue weighted by Gasteiger charge is 2.21. The van der Waals surface area contributed by atoms with Gasteiger partial charge < -0.3 is 5.11 Å². The van der Waals surface area contributed by atoms with Gasteiger partial charge in [-0.15, -0.1) is 10.2 Å². The molecule has 5 aromatic rings. The number of benzene rings is 2. The van der Waals surface area contributed by atoms with Crippen LogP contribution in [0.2, 0.25) is 0 Å². The summed E-state index contributed by atoms with van der Waals surface area (Å²) in [4.78, 5) is 25.3. The maximum Gasteiger partial charge on any atom is 0.354 e. The van der Waals surface area contributed by atoms with Crippen molar-refractivity contribution in [3.63, 3.8) is 0 Å². The fraction of sp³-hybridized carbons (Fsp3) is 0.192. The molecule has 0 fully saturated rings. The SMILES string of the molecule is CCCc1c(Cc2ccc(-c3ccccc3-c3nn[nH]n3)cc2)c(=O)n2c(C)ccc(C(=O)O)n12. The van der Waals surface area contributed by atoms with E-state index in [1.54, 1.807) is 16.6 Å². The van der Waals surface area contributed by atoms with E-state index >= 15 is 0 Å². The third-order valence-electron chi connectivity index (χ3n) is 6.16. The molecule has 0 aliphatic rings. The number of nitrogens with one attached hydrogen (secondary N) is 1. The summed E-state index contributed by atoms with van der Waals surface area (Å²) >= 11 is 0. The van der Waals surface area contributed by atoms with Gasteiger partial charge in [-0.1, -0.05) is 61.9 Å². The number of aromatic nitrogens is 6. The van der Waals surface area contributed by atoms with E-state index in [1.807, 2.05) is 62.4 Å². The molecule has 9 heteroatoms. The minimum absolute atomic E-state index is 0.0795. The number of hydrogen-bond donors (Lipinski definition) is 2.